The Morgan fingerprint density at radius 2 is 0.347 bits per heavy atom. The van der Waals surface area contributed by atoms with E-state index in [2.05, 4.69) is 151 Å². The van der Waals surface area contributed by atoms with Gasteiger partial charge in [0.2, 0.25) is 0 Å². The quantitative estimate of drug-likeness (QED) is 0.0563. The molecule has 0 heterocycles. The molecule has 7 rings (SSSR count). The zero-order chi connectivity index (χ0) is 50.3. The zero-order valence-electron chi connectivity index (χ0n) is 44.8. The van der Waals surface area contributed by atoms with Crippen molar-refractivity contribution < 1.29 is 28.4 Å². The van der Waals surface area contributed by atoms with Crippen molar-refractivity contribution in [2.24, 2.45) is 0 Å². The van der Waals surface area contributed by atoms with Crippen LogP contribution in [0.15, 0.2) is 109 Å². The van der Waals surface area contributed by atoms with Gasteiger partial charge in [0, 0.05) is 38.5 Å². The highest BCUT2D eigenvalue weighted by atomic mass is 16.5. The first-order valence-electron chi connectivity index (χ1n) is 27.9. The fourth-order valence-corrected chi connectivity index (χ4v) is 9.75. The molecular formula is C66H84O6. The minimum atomic E-state index is 0.657. The number of hydrogen-bond donors (Lipinski definition) is 0. The summed E-state index contributed by atoms with van der Waals surface area (Å²) in [4.78, 5) is 0. The van der Waals surface area contributed by atoms with Gasteiger partial charge in [-0.3, -0.25) is 0 Å². The maximum absolute atomic E-state index is 6.90. The van der Waals surface area contributed by atoms with Crippen LogP contribution in [0.4, 0.5) is 0 Å². The van der Waals surface area contributed by atoms with E-state index in [-0.39, 0.29) is 0 Å². The molecule has 6 aromatic carbocycles. The van der Waals surface area contributed by atoms with E-state index >= 15 is 0 Å². The van der Waals surface area contributed by atoms with Crippen LogP contribution in [0.5, 0.6) is 34.5 Å². The molecule has 0 aliphatic heterocycles. The van der Waals surface area contributed by atoms with Crippen molar-refractivity contribution >= 4 is 0 Å². The first-order chi connectivity index (χ1) is 35.5. The van der Waals surface area contributed by atoms with E-state index in [4.69, 9.17) is 28.4 Å². The van der Waals surface area contributed by atoms with Gasteiger partial charge in [0.15, 0.2) is 0 Å². The SMILES string of the molecule is CCCCOc1c2cccc1Cc1cccc(c1OCCCC)Cc1cccc(c1OCCCC)Cc1cccc(c1OCCCC)Cc1cccc(c1OCCCC)Cc1cccc(c1OCCCC)C2. The van der Waals surface area contributed by atoms with E-state index in [9.17, 15) is 0 Å². The summed E-state index contributed by atoms with van der Waals surface area (Å²) in [5.74, 6) is 5.81. The van der Waals surface area contributed by atoms with Gasteiger partial charge >= 0.3 is 0 Å². The van der Waals surface area contributed by atoms with Gasteiger partial charge in [-0.15, -0.1) is 0 Å². The minimum absolute atomic E-state index is 0.657. The first-order valence-corrected chi connectivity index (χ1v) is 27.9. The predicted octanol–water partition coefficient (Wildman–Crippen LogP) is 16.6. The molecule has 1 aliphatic rings. The summed E-state index contributed by atoms with van der Waals surface area (Å²) in [5, 5.41) is 0. The van der Waals surface area contributed by atoms with Gasteiger partial charge in [-0.1, -0.05) is 189 Å². The number of hydrogen-bond acceptors (Lipinski definition) is 6. The van der Waals surface area contributed by atoms with Crippen molar-refractivity contribution in [2.45, 2.75) is 157 Å². The molecule has 12 bridgehead atoms. The third kappa shape index (κ3) is 14.6. The third-order valence-corrected chi connectivity index (χ3v) is 13.8. The highest BCUT2D eigenvalue weighted by Gasteiger charge is 2.23. The largest absolute Gasteiger partial charge is 0.493 e. The van der Waals surface area contributed by atoms with Crippen LogP contribution < -0.4 is 28.4 Å². The summed E-state index contributed by atoms with van der Waals surface area (Å²) in [5.41, 5.74) is 14.0. The standard InChI is InChI=1S/C66H84O6/c1-7-13-37-67-61-49-25-19-26-50(61)44-52-28-21-30-54(63(52)69-39-15-9-3)46-56-32-23-34-58(65(56)71-41-17-11-5)48-60-36-24-35-59(66(60)72-42-18-12-6)47-57-33-22-31-55(64(57)70-40-16-10-4)45-53-29-20-27-51(43-49)62(53)68-38-14-8-2/h19-36H,7-18,37-48H2,1-6H3. The summed E-state index contributed by atoms with van der Waals surface area (Å²) < 4.78 is 41.4. The topological polar surface area (TPSA) is 55.4 Å². The Hall–Kier alpha value is -5.88. The number of unbranched alkanes of at least 4 members (excludes halogenated alkanes) is 6. The lowest BCUT2D eigenvalue weighted by Gasteiger charge is -2.23. The van der Waals surface area contributed by atoms with Crippen molar-refractivity contribution in [3.8, 4) is 34.5 Å². The van der Waals surface area contributed by atoms with E-state index in [0.717, 1.165) is 178 Å². The van der Waals surface area contributed by atoms with Crippen molar-refractivity contribution in [1.29, 1.82) is 0 Å². The monoisotopic (exact) mass is 973 g/mol. The molecule has 6 heteroatoms. The van der Waals surface area contributed by atoms with Gasteiger partial charge in [0.05, 0.1) is 39.6 Å². The van der Waals surface area contributed by atoms with Crippen LogP contribution in [0.25, 0.3) is 0 Å². The molecule has 6 nitrogen and oxygen atoms in total. The highest BCUT2D eigenvalue weighted by Crippen LogP contribution is 2.40. The van der Waals surface area contributed by atoms with Crippen LogP contribution in [0, 0.1) is 0 Å². The number of fused-ring (bicyclic) bond motifs is 12. The summed E-state index contributed by atoms with van der Waals surface area (Å²) in [7, 11) is 0. The lowest BCUT2D eigenvalue weighted by molar-refractivity contribution is 0.297. The van der Waals surface area contributed by atoms with Crippen LogP contribution in [-0.4, -0.2) is 39.6 Å². The first kappa shape index (κ1) is 53.9. The lowest BCUT2D eigenvalue weighted by atomic mass is 9.91. The molecule has 1 aliphatic carbocycles. The van der Waals surface area contributed by atoms with Crippen molar-refractivity contribution in [1.82, 2.24) is 0 Å². The Kier molecular flexibility index (Phi) is 21.7. The molecule has 0 aromatic heterocycles. The maximum atomic E-state index is 6.90. The average molecular weight is 973 g/mol. The Bertz CT molecular complexity index is 2010. The molecule has 0 saturated carbocycles. The summed E-state index contributed by atoms with van der Waals surface area (Å²) in [6, 6.07) is 40.2. The zero-order valence-corrected chi connectivity index (χ0v) is 44.8. The lowest BCUT2D eigenvalue weighted by Crippen LogP contribution is -2.10. The molecule has 72 heavy (non-hydrogen) atoms. The minimum Gasteiger partial charge on any atom is -0.493 e. The van der Waals surface area contributed by atoms with Crippen LogP contribution in [-0.2, 0) is 38.5 Å². The van der Waals surface area contributed by atoms with Crippen molar-refractivity contribution in [2.75, 3.05) is 39.6 Å². The molecule has 0 saturated heterocycles. The Morgan fingerprint density at radius 1 is 0.222 bits per heavy atom. The van der Waals surface area contributed by atoms with E-state index in [1.807, 2.05) is 0 Å². The Balaban J connectivity index is 1.46. The third-order valence-electron chi connectivity index (χ3n) is 13.8. The average Bonchev–Trinajstić information content (AvgIpc) is 3.38. The number of rotatable bonds is 24. The van der Waals surface area contributed by atoms with Gasteiger partial charge in [-0.25, -0.2) is 0 Å². The second kappa shape index (κ2) is 29.0. The van der Waals surface area contributed by atoms with Crippen molar-refractivity contribution in [3.63, 3.8) is 0 Å². The molecular weight excluding hydrogens is 889 g/mol. The molecule has 6 aromatic rings. The van der Waals surface area contributed by atoms with Crippen molar-refractivity contribution in [3.05, 3.63) is 176 Å². The molecule has 0 atom stereocenters. The predicted molar refractivity (Wildman–Crippen MR) is 298 cm³/mol. The molecule has 0 N–H and O–H groups in total. The van der Waals surface area contributed by atoms with E-state index in [0.29, 0.717) is 78.2 Å². The van der Waals surface area contributed by atoms with Crippen LogP contribution in [0.1, 0.15) is 185 Å². The van der Waals surface area contributed by atoms with Crippen LogP contribution in [0.3, 0.4) is 0 Å². The molecule has 0 amide bonds. The normalized spacial score (nSPS) is 12.4. The van der Waals surface area contributed by atoms with Gasteiger partial charge in [-0.2, -0.15) is 0 Å². The summed E-state index contributed by atoms with van der Waals surface area (Å²) >= 11 is 0. The number of para-hydroxylation sites is 6. The molecule has 0 radical (unpaired) electrons. The maximum Gasteiger partial charge on any atom is 0.126 e. The van der Waals surface area contributed by atoms with E-state index in [1.54, 1.807) is 0 Å². The number of benzene rings is 6. The van der Waals surface area contributed by atoms with Crippen LogP contribution in [0.2, 0.25) is 0 Å². The summed E-state index contributed by atoms with van der Waals surface area (Å²) in [6.07, 6.45) is 16.3. The van der Waals surface area contributed by atoms with Gasteiger partial charge in [0.25, 0.3) is 0 Å². The van der Waals surface area contributed by atoms with E-state index in [1.165, 1.54) is 0 Å². The second-order valence-corrected chi connectivity index (χ2v) is 19.7. The Morgan fingerprint density at radius 3 is 0.458 bits per heavy atom. The molecule has 0 fully saturated rings. The smallest absolute Gasteiger partial charge is 0.126 e. The van der Waals surface area contributed by atoms with Gasteiger partial charge in [-0.05, 0) is 105 Å². The fraction of sp³-hybridized carbons (Fsp3) is 0.455. The molecule has 0 unspecified atom stereocenters. The molecule has 0 spiro atoms. The highest BCUT2D eigenvalue weighted by molar-refractivity contribution is 5.57. The fourth-order valence-electron chi connectivity index (χ4n) is 9.75. The summed E-state index contributed by atoms with van der Waals surface area (Å²) in [6.45, 7) is 17.3. The van der Waals surface area contributed by atoms with Crippen LogP contribution >= 0.6 is 0 Å². The van der Waals surface area contributed by atoms with Gasteiger partial charge < -0.3 is 28.4 Å². The molecule has 384 valence electrons. The Labute approximate surface area is 433 Å². The van der Waals surface area contributed by atoms with E-state index < -0.39 is 0 Å². The van der Waals surface area contributed by atoms with Gasteiger partial charge in [0.1, 0.15) is 34.5 Å². The second-order valence-electron chi connectivity index (χ2n) is 19.7. The number of ether oxygens (including phenoxy) is 6.